The van der Waals surface area contributed by atoms with Gasteiger partial charge in [-0.05, 0) is 53.4 Å². The van der Waals surface area contributed by atoms with Crippen LogP contribution in [0.25, 0.3) is 0 Å². The lowest BCUT2D eigenvalue weighted by Crippen LogP contribution is -2.46. The molecule has 7 heteroatoms. The summed E-state index contributed by atoms with van der Waals surface area (Å²) in [4.78, 5) is 0.247. The molecule has 3 N–H and O–H groups in total. The Bertz CT molecular complexity index is 620. The molecular formula is C14H20Br2N2O2S. The molecule has 1 aromatic rings. The number of nitrogens with one attached hydrogen (secondary N) is 1. The lowest BCUT2D eigenvalue weighted by molar-refractivity contribution is 0.456. The summed E-state index contributed by atoms with van der Waals surface area (Å²) in [6.07, 6.45) is 4.86. The van der Waals surface area contributed by atoms with Crippen molar-refractivity contribution < 1.29 is 8.42 Å². The van der Waals surface area contributed by atoms with Crippen molar-refractivity contribution in [1.29, 1.82) is 0 Å². The monoisotopic (exact) mass is 438 g/mol. The fraction of sp³-hybridized carbons (Fsp3) is 0.571. The zero-order valence-electron chi connectivity index (χ0n) is 11.9. The summed E-state index contributed by atoms with van der Waals surface area (Å²) in [5, 5.41) is 0. The van der Waals surface area contributed by atoms with Crippen molar-refractivity contribution in [2.45, 2.75) is 56.0 Å². The van der Waals surface area contributed by atoms with Gasteiger partial charge in [0.1, 0.15) is 0 Å². The molecule has 0 bridgehead atoms. The van der Waals surface area contributed by atoms with E-state index < -0.39 is 10.0 Å². The summed E-state index contributed by atoms with van der Waals surface area (Å²) in [7, 11) is -3.59. The third-order valence-corrected chi connectivity index (χ3v) is 7.18. The number of halogens is 2. The van der Waals surface area contributed by atoms with Gasteiger partial charge in [0, 0.05) is 21.0 Å². The molecule has 1 aliphatic carbocycles. The molecule has 0 spiro atoms. The molecule has 4 nitrogen and oxygen atoms in total. The van der Waals surface area contributed by atoms with E-state index >= 15 is 0 Å². The minimum absolute atomic E-state index is 0.116. The molecular weight excluding hydrogens is 420 g/mol. The highest BCUT2D eigenvalue weighted by Gasteiger charge is 2.27. The van der Waals surface area contributed by atoms with Gasteiger partial charge in [0.05, 0.1) is 4.90 Å². The first-order valence-corrected chi connectivity index (χ1v) is 10.1. The molecule has 1 aromatic carbocycles. The van der Waals surface area contributed by atoms with Gasteiger partial charge in [0.2, 0.25) is 10.0 Å². The van der Waals surface area contributed by atoms with E-state index in [1.807, 2.05) is 6.92 Å². The average Bonchev–Trinajstić information content (AvgIpc) is 2.59. The maximum atomic E-state index is 12.6. The van der Waals surface area contributed by atoms with Crippen molar-refractivity contribution in [2.24, 2.45) is 5.73 Å². The number of hydrogen-bond donors (Lipinski definition) is 2. The second-order valence-electron chi connectivity index (χ2n) is 5.56. The molecule has 1 aliphatic rings. The maximum absolute atomic E-state index is 12.6. The quantitative estimate of drug-likeness (QED) is 0.708. The summed E-state index contributed by atoms with van der Waals surface area (Å²) in [5.74, 6) is 0. The number of benzene rings is 1. The molecule has 0 saturated heterocycles. The number of nitrogens with two attached hydrogens (primary N) is 1. The fourth-order valence-corrected chi connectivity index (χ4v) is 5.58. The van der Waals surface area contributed by atoms with E-state index in [2.05, 4.69) is 36.6 Å². The van der Waals surface area contributed by atoms with E-state index in [1.165, 1.54) is 0 Å². The Balaban J connectivity index is 2.27. The zero-order chi connectivity index (χ0) is 15.6. The standard InChI is InChI=1S/C14H20Br2N2O2S/c1-9-7-11(16)14(8-10(9)15)21(19,20)18-13-6-4-2-3-5-12(13)17/h7-8,12-13,18H,2-6,17H2,1H3. The molecule has 2 rings (SSSR count). The van der Waals surface area contributed by atoms with Crippen molar-refractivity contribution in [3.63, 3.8) is 0 Å². The van der Waals surface area contributed by atoms with Gasteiger partial charge in [-0.1, -0.05) is 35.2 Å². The van der Waals surface area contributed by atoms with Gasteiger partial charge in [-0.3, -0.25) is 0 Å². The van der Waals surface area contributed by atoms with Crippen LogP contribution in [0, 0.1) is 6.92 Å². The van der Waals surface area contributed by atoms with Crippen LogP contribution < -0.4 is 10.5 Å². The minimum Gasteiger partial charge on any atom is -0.326 e. The normalized spacial score (nSPS) is 23.8. The Morgan fingerprint density at radius 3 is 2.52 bits per heavy atom. The number of sulfonamides is 1. The van der Waals surface area contributed by atoms with Crippen LogP contribution in [-0.4, -0.2) is 20.5 Å². The van der Waals surface area contributed by atoms with E-state index in [4.69, 9.17) is 5.73 Å². The Morgan fingerprint density at radius 2 is 1.81 bits per heavy atom. The number of aryl methyl sites for hydroxylation is 1. The largest absolute Gasteiger partial charge is 0.326 e. The van der Waals surface area contributed by atoms with Crippen LogP contribution in [0.2, 0.25) is 0 Å². The Hall–Kier alpha value is 0.0500. The van der Waals surface area contributed by atoms with Crippen molar-refractivity contribution in [3.05, 3.63) is 26.6 Å². The fourth-order valence-electron chi connectivity index (χ4n) is 2.58. The maximum Gasteiger partial charge on any atom is 0.242 e. The van der Waals surface area contributed by atoms with Gasteiger partial charge in [-0.25, -0.2) is 13.1 Å². The van der Waals surface area contributed by atoms with E-state index in [1.54, 1.807) is 12.1 Å². The molecule has 21 heavy (non-hydrogen) atoms. The second-order valence-corrected chi connectivity index (χ2v) is 8.95. The van der Waals surface area contributed by atoms with Crippen molar-refractivity contribution in [2.75, 3.05) is 0 Å². The SMILES string of the molecule is Cc1cc(Br)c(S(=O)(=O)NC2CCCCCC2N)cc1Br. The molecule has 0 aromatic heterocycles. The van der Waals surface area contributed by atoms with Crippen molar-refractivity contribution >= 4 is 41.9 Å². The third kappa shape index (κ3) is 4.28. The highest BCUT2D eigenvalue weighted by molar-refractivity contribution is 9.11. The summed E-state index contributed by atoms with van der Waals surface area (Å²) in [6, 6.07) is 3.12. The summed E-state index contributed by atoms with van der Waals surface area (Å²) in [6.45, 7) is 1.92. The van der Waals surface area contributed by atoms with Gasteiger partial charge in [0.15, 0.2) is 0 Å². The summed E-state index contributed by atoms with van der Waals surface area (Å²) < 4.78 is 29.4. The zero-order valence-corrected chi connectivity index (χ0v) is 15.9. The number of rotatable bonds is 3. The predicted molar refractivity (Wildman–Crippen MR) is 91.7 cm³/mol. The molecule has 0 aliphatic heterocycles. The lowest BCUT2D eigenvalue weighted by atomic mass is 10.1. The smallest absolute Gasteiger partial charge is 0.242 e. The first-order valence-electron chi connectivity index (χ1n) is 7.05. The molecule has 1 fully saturated rings. The topological polar surface area (TPSA) is 72.2 Å². The summed E-state index contributed by atoms with van der Waals surface area (Å²) >= 11 is 6.73. The average molecular weight is 440 g/mol. The van der Waals surface area contributed by atoms with Gasteiger partial charge >= 0.3 is 0 Å². The van der Waals surface area contributed by atoms with E-state index in [0.717, 1.165) is 42.1 Å². The lowest BCUT2D eigenvalue weighted by Gasteiger charge is -2.23. The van der Waals surface area contributed by atoms with Gasteiger partial charge in [-0.2, -0.15) is 0 Å². The third-order valence-electron chi connectivity index (χ3n) is 3.88. The molecule has 1 saturated carbocycles. The molecule has 0 heterocycles. The molecule has 0 amide bonds. The van der Waals surface area contributed by atoms with E-state index in [-0.39, 0.29) is 17.0 Å². The Morgan fingerprint density at radius 1 is 1.14 bits per heavy atom. The van der Waals surface area contributed by atoms with Gasteiger partial charge < -0.3 is 5.73 Å². The first-order chi connectivity index (χ1) is 9.81. The van der Waals surface area contributed by atoms with Crippen LogP contribution in [0.1, 0.15) is 37.7 Å². The Labute approximate surface area is 143 Å². The number of hydrogen-bond acceptors (Lipinski definition) is 3. The second kappa shape index (κ2) is 7.08. The van der Waals surface area contributed by atoms with Crippen LogP contribution in [0.4, 0.5) is 0 Å². The highest BCUT2D eigenvalue weighted by atomic mass is 79.9. The van der Waals surface area contributed by atoms with Crippen LogP contribution in [-0.2, 0) is 10.0 Å². The van der Waals surface area contributed by atoms with Crippen molar-refractivity contribution in [1.82, 2.24) is 4.72 Å². The highest BCUT2D eigenvalue weighted by Crippen LogP contribution is 2.29. The molecule has 0 radical (unpaired) electrons. The minimum atomic E-state index is -3.59. The van der Waals surface area contributed by atoms with E-state index in [0.29, 0.717) is 4.47 Å². The summed E-state index contributed by atoms with van der Waals surface area (Å²) in [5.41, 5.74) is 7.09. The van der Waals surface area contributed by atoms with Crippen molar-refractivity contribution in [3.8, 4) is 0 Å². The Kier molecular flexibility index (Phi) is 5.87. The van der Waals surface area contributed by atoms with Crippen LogP contribution in [0.15, 0.2) is 26.0 Å². The van der Waals surface area contributed by atoms with E-state index in [9.17, 15) is 8.42 Å². The van der Waals surface area contributed by atoms with Gasteiger partial charge in [0.25, 0.3) is 0 Å². The predicted octanol–water partition coefficient (Wildman–Crippen LogP) is 3.46. The molecule has 2 unspecified atom stereocenters. The van der Waals surface area contributed by atoms with Crippen LogP contribution >= 0.6 is 31.9 Å². The molecule has 2 atom stereocenters. The first kappa shape index (κ1) is 17.4. The van der Waals surface area contributed by atoms with Crippen LogP contribution in [0.5, 0.6) is 0 Å². The van der Waals surface area contributed by atoms with Gasteiger partial charge in [-0.15, -0.1) is 0 Å². The van der Waals surface area contributed by atoms with Crippen LogP contribution in [0.3, 0.4) is 0 Å². The molecule has 118 valence electrons.